The van der Waals surface area contributed by atoms with Gasteiger partial charge in [-0.3, -0.25) is 0 Å². The van der Waals surface area contributed by atoms with Gasteiger partial charge in [0, 0.05) is 19.3 Å². The maximum Gasteiger partial charge on any atom is 0.410 e. The van der Waals surface area contributed by atoms with Crippen molar-refractivity contribution in [1.29, 1.82) is 0 Å². The predicted molar refractivity (Wildman–Crippen MR) is 87.7 cm³/mol. The average Bonchev–Trinajstić information content (AvgIpc) is 2.46. The number of amides is 1. The van der Waals surface area contributed by atoms with Gasteiger partial charge in [0.15, 0.2) is 0 Å². The van der Waals surface area contributed by atoms with Crippen LogP contribution in [0.25, 0.3) is 0 Å². The monoisotopic (exact) mass is 341 g/mol. The molecule has 1 fully saturated rings. The van der Waals surface area contributed by atoms with Gasteiger partial charge in [0.1, 0.15) is 10.8 Å². The number of halogens is 1. The molecule has 6 nitrogen and oxygen atoms in total. The molecule has 1 aliphatic heterocycles. The number of ether oxygens (including phenoxy) is 2. The number of hydrogen-bond donors (Lipinski definition) is 0. The van der Waals surface area contributed by atoms with E-state index in [4.69, 9.17) is 21.1 Å². The molecule has 1 saturated heterocycles. The molecule has 0 N–H and O–H groups in total. The first-order valence-electron chi connectivity index (χ1n) is 7.93. The van der Waals surface area contributed by atoms with Gasteiger partial charge < -0.3 is 14.4 Å². The van der Waals surface area contributed by atoms with Gasteiger partial charge >= 0.3 is 12.1 Å². The highest BCUT2D eigenvalue weighted by atomic mass is 35.5. The number of likely N-dealkylation sites (tertiary alicyclic amines) is 1. The number of carbonyl (C=O) groups excluding carboxylic acids is 1. The molecule has 0 aliphatic carbocycles. The maximum atomic E-state index is 12.1. The molecule has 0 aromatic carbocycles. The zero-order valence-electron chi connectivity index (χ0n) is 13.9. The lowest BCUT2D eigenvalue weighted by molar-refractivity contribution is 0.0154. The minimum atomic E-state index is -0.461. The number of hydrogen-bond acceptors (Lipinski definition) is 5. The van der Waals surface area contributed by atoms with Crippen LogP contribution in [-0.2, 0) is 4.74 Å². The number of piperidine rings is 1. The van der Waals surface area contributed by atoms with Crippen LogP contribution in [0.3, 0.4) is 0 Å². The van der Waals surface area contributed by atoms with Crippen LogP contribution >= 0.6 is 11.6 Å². The Kier molecular flexibility index (Phi) is 6.04. The first-order chi connectivity index (χ1) is 10.8. The molecular formula is C16H24ClN3O3. The quantitative estimate of drug-likeness (QED) is 0.784. The van der Waals surface area contributed by atoms with Crippen LogP contribution in [0.4, 0.5) is 4.79 Å². The molecule has 1 aromatic rings. The van der Waals surface area contributed by atoms with Gasteiger partial charge in [-0.1, -0.05) is 11.6 Å². The van der Waals surface area contributed by atoms with E-state index in [1.165, 1.54) is 0 Å². The van der Waals surface area contributed by atoms with E-state index in [1.54, 1.807) is 17.2 Å². The zero-order valence-corrected chi connectivity index (χ0v) is 14.7. The van der Waals surface area contributed by atoms with Crippen molar-refractivity contribution in [2.75, 3.05) is 19.7 Å². The van der Waals surface area contributed by atoms with Gasteiger partial charge in [-0.05, 0) is 52.0 Å². The molecule has 0 bridgehead atoms. The fourth-order valence-corrected chi connectivity index (χ4v) is 2.63. The summed E-state index contributed by atoms with van der Waals surface area (Å²) in [4.78, 5) is 21.9. The van der Waals surface area contributed by atoms with Crippen molar-refractivity contribution < 1.29 is 14.3 Å². The molecule has 1 atom stereocenters. The second kappa shape index (κ2) is 7.81. The normalized spacial score (nSPS) is 18.6. The summed E-state index contributed by atoms with van der Waals surface area (Å²) in [6.07, 6.45) is 4.24. The Balaban J connectivity index is 1.76. The van der Waals surface area contributed by atoms with Crippen molar-refractivity contribution in [3.8, 4) is 6.01 Å². The number of carbonyl (C=O) groups is 1. The summed E-state index contributed by atoms with van der Waals surface area (Å²) >= 11 is 5.79. The highest BCUT2D eigenvalue weighted by molar-refractivity contribution is 6.29. The second-order valence-electron chi connectivity index (χ2n) is 6.73. The first-order valence-corrected chi connectivity index (χ1v) is 8.30. The summed E-state index contributed by atoms with van der Waals surface area (Å²) in [6.45, 7) is 7.60. The van der Waals surface area contributed by atoms with Gasteiger partial charge in [0.2, 0.25) is 0 Å². The lowest BCUT2D eigenvalue weighted by Crippen LogP contribution is -2.43. The molecule has 7 heteroatoms. The van der Waals surface area contributed by atoms with Crippen molar-refractivity contribution in [2.45, 2.75) is 45.6 Å². The molecule has 1 aliphatic rings. The van der Waals surface area contributed by atoms with E-state index in [0.717, 1.165) is 25.8 Å². The largest absolute Gasteiger partial charge is 0.463 e. The summed E-state index contributed by atoms with van der Waals surface area (Å²) in [7, 11) is 0. The molecule has 0 radical (unpaired) electrons. The van der Waals surface area contributed by atoms with Crippen LogP contribution in [0.15, 0.2) is 12.3 Å². The summed E-state index contributed by atoms with van der Waals surface area (Å²) in [5.74, 6) is 0.399. The highest BCUT2D eigenvalue weighted by Crippen LogP contribution is 2.22. The minimum absolute atomic E-state index is 0.235. The van der Waals surface area contributed by atoms with E-state index in [-0.39, 0.29) is 12.1 Å². The third kappa shape index (κ3) is 6.22. The zero-order chi connectivity index (χ0) is 16.9. The number of rotatable bonds is 4. The molecule has 23 heavy (non-hydrogen) atoms. The summed E-state index contributed by atoms with van der Waals surface area (Å²) in [6, 6.07) is 1.89. The Morgan fingerprint density at radius 1 is 1.48 bits per heavy atom. The van der Waals surface area contributed by atoms with Crippen molar-refractivity contribution in [1.82, 2.24) is 14.9 Å². The molecular weight excluding hydrogens is 318 g/mol. The standard InChI is InChI=1S/C16H24ClN3O3/c1-16(2,3)23-15(21)20-9-4-5-12(11-20)7-10-22-14-18-8-6-13(17)19-14/h6,8,12H,4-5,7,9-11H2,1-3H3/t12-/m0/s1. The lowest BCUT2D eigenvalue weighted by Gasteiger charge is -2.34. The third-order valence-electron chi connectivity index (χ3n) is 3.53. The van der Waals surface area contributed by atoms with Crippen LogP contribution in [0.1, 0.15) is 40.0 Å². The Labute approximate surface area is 142 Å². The molecule has 1 aromatic heterocycles. The van der Waals surface area contributed by atoms with Crippen LogP contribution in [-0.4, -0.2) is 46.3 Å². The number of nitrogens with zero attached hydrogens (tertiary/aromatic N) is 3. The predicted octanol–water partition coefficient (Wildman–Crippen LogP) is 3.55. The van der Waals surface area contributed by atoms with Crippen LogP contribution in [0.5, 0.6) is 6.01 Å². The Hall–Kier alpha value is -1.56. The van der Waals surface area contributed by atoms with Gasteiger partial charge in [-0.25, -0.2) is 9.78 Å². The highest BCUT2D eigenvalue weighted by Gasteiger charge is 2.27. The molecule has 0 spiro atoms. The van der Waals surface area contributed by atoms with E-state index < -0.39 is 5.60 Å². The topological polar surface area (TPSA) is 64.5 Å². The average molecular weight is 342 g/mol. The van der Waals surface area contributed by atoms with Crippen molar-refractivity contribution in [3.05, 3.63) is 17.4 Å². The summed E-state index contributed by atoms with van der Waals surface area (Å²) < 4.78 is 11.0. The Morgan fingerprint density at radius 3 is 2.96 bits per heavy atom. The van der Waals surface area contributed by atoms with Gasteiger partial charge in [-0.15, -0.1) is 0 Å². The lowest BCUT2D eigenvalue weighted by atomic mass is 9.95. The Morgan fingerprint density at radius 2 is 2.26 bits per heavy atom. The van der Waals surface area contributed by atoms with E-state index >= 15 is 0 Å². The van der Waals surface area contributed by atoms with E-state index in [1.807, 2.05) is 20.8 Å². The summed E-state index contributed by atoms with van der Waals surface area (Å²) in [5.41, 5.74) is -0.461. The van der Waals surface area contributed by atoms with E-state index in [9.17, 15) is 4.79 Å². The second-order valence-corrected chi connectivity index (χ2v) is 7.12. The fraction of sp³-hybridized carbons (Fsp3) is 0.688. The first kappa shape index (κ1) is 17.8. The smallest absolute Gasteiger partial charge is 0.410 e. The van der Waals surface area contributed by atoms with E-state index in [0.29, 0.717) is 24.2 Å². The molecule has 0 unspecified atom stereocenters. The molecule has 2 rings (SSSR count). The van der Waals surface area contributed by atoms with Crippen LogP contribution < -0.4 is 4.74 Å². The van der Waals surface area contributed by atoms with Crippen LogP contribution in [0, 0.1) is 5.92 Å². The van der Waals surface area contributed by atoms with Gasteiger partial charge in [-0.2, -0.15) is 4.98 Å². The summed E-state index contributed by atoms with van der Waals surface area (Å²) in [5, 5.41) is 0.365. The Bertz CT molecular complexity index is 534. The molecule has 1 amide bonds. The molecule has 128 valence electrons. The van der Waals surface area contributed by atoms with Crippen LogP contribution in [0.2, 0.25) is 5.15 Å². The van der Waals surface area contributed by atoms with Gasteiger partial charge in [0.05, 0.1) is 6.61 Å². The van der Waals surface area contributed by atoms with Crippen molar-refractivity contribution in [3.63, 3.8) is 0 Å². The fourth-order valence-electron chi connectivity index (χ4n) is 2.50. The van der Waals surface area contributed by atoms with E-state index in [2.05, 4.69) is 9.97 Å². The molecule has 0 saturated carbocycles. The maximum absolute atomic E-state index is 12.1. The van der Waals surface area contributed by atoms with Gasteiger partial charge in [0.25, 0.3) is 0 Å². The number of aromatic nitrogens is 2. The SMILES string of the molecule is CC(C)(C)OC(=O)N1CCC[C@@H](CCOc2nccc(Cl)n2)C1. The third-order valence-corrected chi connectivity index (χ3v) is 3.74. The minimum Gasteiger partial charge on any atom is -0.463 e. The molecule has 2 heterocycles. The van der Waals surface area contributed by atoms with Crippen molar-refractivity contribution in [2.24, 2.45) is 5.92 Å². The van der Waals surface area contributed by atoms with Crippen molar-refractivity contribution >= 4 is 17.7 Å².